The summed E-state index contributed by atoms with van der Waals surface area (Å²) in [5.74, 6) is 2.77. The highest BCUT2D eigenvalue weighted by Gasteiger charge is 2.64. The summed E-state index contributed by atoms with van der Waals surface area (Å²) in [4.78, 5) is 53.2. The van der Waals surface area contributed by atoms with Crippen LogP contribution in [0.5, 0.6) is 0 Å². The number of thioether (sulfide) groups is 1. The molecule has 6 nitrogen and oxygen atoms in total. The molecule has 1 aromatic carbocycles. The molecule has 0 saturated heterocycles. The number of Topliss-reactive ketones (excluding diaryl/α,β-unsaturated/α-hetero) is 2. The monoisotopic (exact) mass is 729 g/mol. The predicted molar refractivity (Wildman–Crippen MR) is 207 cm³/mol. The molecule has 12 atom stereocenters. The Morgan fingerprint density at radius 2 is 1.58 bits per heavy atom. The van der Waals surface area contributed by atoms with Crippen LogP contribution in [0.4, 0.5) is 0 Å². The number of benzene rings is 1. The number of fused-ring (bicyclic) bond motifs is 7. The maximum atomic E-state index is 13.9. The van der Waals surface area contributed by atoms with E-state index in [0.717, 1.165) is 42.6 Å². The van der Waals surface area contributed by atoms with E-state index in [4.69, 9.17) is 0 Å². The molecule has 0 aliphatic heterocycles. The molecule has 284 valence electrons. The number of allylic oxidation sites excluding steroid dienone is 2. The Labute approximate surface area is 316 Å². The smallest absolute Gasteiger partial charge is 0.306 e. The Balaban J connectivity index is 1.06. The molecule has 6 aliphatic carbocycles. The van der Waals surface area contributed by atoms with Crippen molar-refractivity contribution >= 4 is 35.2 Å². The summed E-state index contributed by atoms with van der Waals surface area (Å²) in [6, 6.07) is 7.80. The molecular formula is C45H63NO5S. The number of hydrogen-bond donors (Lipinski definition) is 2. The van der Waals surface area contributed by atoms with Crippen molar-refractivity contribution in [2.75, 3.05) is 12.8 Å². The number of nitrogens with one attached hydrogen (secondary N) is 1. The van der Waals surface area contributed by atoms with Crippen molar-refractivity contribution in [1.82, 2.24) is 5.32 Å². The third-order valence-electron chi connectivity index (χ3n) is 16.7. The summed E-state index contributed by atoms with van der Waals surface area (Å²) in [5.41, 5.74) is 3.63. The normalized spacial score (nSPS) is 41.0. The average molecular weight is 730 g/mol. The van der Waals surface area contributed by atoms with E-state index >= 15 is 0 Å². The van der Waals surface area contributed by atoms with Crippen LogP contribution in [0, 0.1) is 75.4 Å². The Morgan fingerprint density at radius 3 is 2.23 bits per heavy atom. The first kappa shape index (κ1) is 37.9. The number of carbonyl (C=O) groups excluding carboxylic acids is 3. The molecule has 0 aromatic heterocycles. The number of amides is 1. The minimum atomic E-state index is -0.754. The van der Waals surface area contributed by atoms with E-state index in [1.54, 1.807) is 11.8 Å². The second kappa shape index (κ2) is 14.0. The molecule has 7 heteroatoms. The molecule has 0 heterocycles. The van der Waals surface area contributed by atoms with Gasteiger partial charge in [0, 0.05) is 41.2 Å². The van der Waals surface area contributed by atoms with Crippen molar-refractivity contribution in [1.29, 1.82) is 0 Å². The number of rotatable bonds is 10. The van der Waals surface area contributed by atoms with E-state index < -0.39 is 5.97 Å². The van der Waals surface area contributed by atoms with E-state index in [1.165, 1.54) is 31.3 Å². The number of carboxylic acids is 1. The first-order valence-electron chi connectivity index (χ1n) is 20.6. The van der Waals surface area contributed by atoms with Gasteiger partial charge >= 0.3 is 5.97 Å². The van der Waals surface area contributed by atoms with Crippen molar-refractivity contribution in [3.63, 3.8) is 0 Å². The summed E-state index contributed by atoms with van der Waals surface area (Å²) in [6.07, 6.45) is 13.9. The molecule has 7 rings (SSSR count). The van der Waals surface area contributed by atoms with Gasteiger partial charge in [-0.3, -0.25) is 19.2 Å². The fourth-order valence-corrected chi connectivity index (χ4v) is 14.3. The zero-order chi connectivity index (χ0) is 37.3. The first-order valence-corrected chi connectivity index (χ1v) is 21.8. The van der Waals surface area contributed by atoms with Crippen LogP contribution in [-0.4, -0.2) is 41.4 Å². The van der Waals surface area contributed by atoms with Gasteiger partial charge in [-0.1, -0.05) is 47.1 Å². The van der Waals surface area contributed by atoms with E-state index in [0.29, 0.717) is 78.4 Å². The fraction of sp³-hybridized carbons (Fsp3) is 0.733. The van der Waals surface area contributed by atoms with Crippen molar-refractivity contribution in [2.24, 2.45) is 75.4 Å². The highest BCUT2D eigenvalue weighted by Crippen LogP contribution is 2.72. The van der Waals surface area contributed by atoms with Gasteiger partial charge in [0.1, 0.15) is 5.78 Å². The van der Waals surface area contributed by atoms with Gasteiger partial charge in [0.05, 0.1) is 5.92 Å². The highest BCUT2D eigenvalue weighted by molar-refractivity contribution is 7.98. The lowest BCUT2D eigenvalue weighted by Gasteiger charge is -2.67. The maximum absolute atomic E-state index is 13.9. The SMILES string of the molecule is CSc1ccc(C(=O)NCCC23CCC4C(CCC5C4(C)CCC4C(C)C(CC(=O)C6CC(C(=O)O)C6C)CCC45C)C2=C(C(C)C)C(=O)C3)cc1. The molecule has 1 aromatic rings. The van der Waals surface area contributed by atoms with Crippen LogP contribution in [0.25, 0.3) is 0 Å². The third kappa shape index (κ3) is 6.06. The molecule has 6 aliphatic rings. The largest absolute Gasteiger partial charge is 0.481 e. The van der Waals surface area contributed by atoms with E-state index in [9.17, 15) is 24.3 Å². The van der Waals surface area contributed by atoms with Gasteiger partial charge < -0.3 is 10.4 Å². The molecule has 12 unspecified atom stereocenters. The zero-order valence-electron chi connectivity index (χ0n) is 32.8. The quantitative estimate of drug-likeness (QED) is 0.233. The third-order valence-corrected chi connectivity index (χ3v) is 17.5. The second-order valence-corrected chi connectivity index (χ2v) is 20.0. The summed E-state index contributed by atoms with van der Waals surface area (Å²) in [7, 11) is 0. The number of carbonyl (C=O) groups is 4. The number of carboxylic acid groups (broad SMARTS) is 1. The lowest BCUT2D eigenvalue weighted by atomic mass is 9.37. The van der Waals surface area contributed by atoms with Crippen LogP contribution < -0.4 is 5.32 Å². The minimum Gasteiger partial charge on any atom is -0.481 e. The van der Waals surface area contributed by atoms with Crippen molar-refractivity contribution < 1.29 is 24.3 Å². The van der Waals surface area contributed by atoms with Gasteiger partial charge in [-0.2, -0.15) is 0 Å². The molecule has 5 fully saturated rings. The molecule has 2 N–H and O–H groups in total. The average Bonchev–Trinajstić information content (AvgIpc) is 3.40. The van der Waals surface area contributed by atoms with Crippen LogP contribution in [0.1, 0.15) is 129 Å². The molecule has 0 spiro atoms. The van der Waals surface area contributed by atoms with E-state index in [-0.39, 0.29) is 45.8 Å². The predicted octanol–water partition coefficient (Wildman–Crippen LogP) is 9.66. The standard InChI is InChI=1S/C45H63NO5S/c1-25(2)39-37(48)24-45(20-21-46-41(49)28-8-10-30(52-7)11-9-28)19-16-35-31(40(39)45)12-13-38-43(5)17-14-29(26(3)34(43)15-18-44(35,38)6)22-36(47)32-23-33(27(32)4)42(50)51/h8-11,25-27,29,31-35,38H,12-24H2,1-7H3,(H,46,49)(H,50,51). The Hall–Kier alpha value is -2.41. The van der Waals surface area contributed by atoms with Crippen molar-refractivity contribution in [3.05, 3.63) is 41.0 Å². The maximum Gasteiger partial charge on any atom is 0.306 e. The molecule has 52 heavy (non-hydrogen) atoms. The van der Waals surface area contributed by atoms with Crippen LogP contribution in [0.15, 0.2) is 40.3 Å². The number of ketones is 2. The van der Waals surface area contributed by atoms with Crippen LogP contribution in [0.2, 0.25) is 0 Å². The highest BCUT2D eigenvalue weighted by atomic mass is 32.2. The van der Waals surface area contributed by atoms with Gasteiger partial charge in [-0.05, 0) is 158 Å². The molecule has 0 radical (unpaired) electrons. The number of hydrogen-bond acceptors (Lipinski definition) is 5. The topological polar surface area (TPSA) is 101 Å². The van der Waals surface area contributed by atoms with Crippen molar-refractivity contribution in [2.45, 2.75) is 123 Å². The summed E-state index contributed by atoms with van der Waals surface area (Å²) in [5, 5.41) is 12.7. The first-order chi connectivity index (χ1) is 24.6. The van der Waals surface area contributed by atoms with Crippen LogP contribution >= 0.6 is 11.8 Å². The molecule has 1 amide bonds. The van der Waals surface area contributed by atoms with Gasteiger partial charge in [0.25, 0.3) is 5.91 Å². The van der Waals surface area contributed by atoms with Crippen LogP contribution in [0.3, 0.4) is 0 Å². The Bertz CT molecular complexity index is 1630. The van der Waals surface area contributed by atoms with Crippen molar-refractivity contribution in [3.8, 4) is 0 Å². The lowest BCUT2D eigenvalue weighted by molar-refractivity contribution is -0.172. The fourth-order valence-electron chi connectivity index (χ4n) is 13.9. The second-order valence-electron chi connectivity index (χ2n) is 19.1. The van der Waals surface area contributed by atoms with E-state index in [2.05, 4.69) is 39.9 Å². The molecule has 5 saturated carbocycles. The number of aliphatic carboxylic acids is 1. The molecule has 0 bridgehead atoms. The zero-order valence-corrected chi connectivity index (χ0v) is 33.6. The van der Waals surface area contributed by atoms with Gasteiger partial charge in [-0.25, -0.2) is 0 Å². The summed E-state index contributed by atoms with van der Waals surface area (Å²) >= 11 is 1.67. The minimum absolute atomic E-state index is 0.0348. The summed E-state index contributed by atoms with van der Waals surface area (Å²) in [6.45, 7) is 14.6. The Morgan fingerprint density at radius 1 is 0.904 bits per heavy atom. The molecular weight excluding hydrogens is 667 g/mol. The lowest BCUT2D eigenvalue weighted by Crippen LogP contribution is -2.60. The summed E-state index contributed by atoms with van der Waals surface area (Å²) < 4.78 is 0. The Kier molecular flexibility index (Phi) is 10.2. The van der Waals surface area contributed by atoms with E-state index in [1.807, 2.05) is 37.4 Å². The van der Waals surface area contributed by atoms with Gasteiger partial charge in [-0.15, -0.1) is 11.8 Å². The van der Waals surface area contributed by atoms with Gasteiger partial charge in [0.15, 0.2) is 5.78 Å². The van der Waals surface area contributed by atoms with Gasteiger partial charge in [0.2, 0.25) is 0 Å². The van der Waals surface area contributed by atoms with Crippen LogP contribution in [-0.2, 0) is 14.4 Å².